The summed E-state index contributed by atoms with van der Waals surface area (Å²) in [7, 11) is 1.44. The molecule has 2 N–H and O–H groups in total. The van der Waals surface area contributed by atoms with Gasteiger partial charge < -0.3 is 9.15 Å². The summed E-state index contributed by atoms with van der Waals surface area (Å²) < 4.78 is 10.8. The first kappa shape index (κ1) is 19.4. The van der Waals surface area contributed by atoms with Gasteiger partial charge in [-0.3, -0.25) is 20.4 Å². The number of carbonyl (C=O) groups excluding carboxylic acids is 2. The van der Waals surface area contributed by atoms with Crippen LogP contribution in [0.5, 0.6) is 5.75 Å². The molecule has 144 valence electrons. The molecule has 0 aliphatic carbocycles. The van der Waals surface area contributed by atoms with Crippen molar-refractivity contribution in [3.05, 3.63) is 70.6 Å². The normalized spacial score (nSPS) is 10.4. The van der Waals surface area contributed by atoms with Crippen LogP contribution < -0.4 is 15.6 Å². The van der Waals surface area contributed by atoms with Crippen LogP contribution in [-0.4, -0.2) is 23.9 Å². The molecule has 0 saturated heterocycles. The molecule has 8 heteroatoms. The summed E-state index contributed by atoms with van der Waals surface area (Å²) in [6, 6.07) is 14.0. The monoisotopic (exact) mass is 399 g/mol. The summed E-state index contributed by atoms with van der Waals surface area (Å²) in [5, 5.41) is 0.379. The molecule has 0 radical (unpaired) electrons. The minimum atomic E-state index is -0.547. The fraction of sp³-hybridized carbons (Fsp3) is 0.150. The van der Waals surface area contributed by atoms with E-state index in [1.807, 2.05) is 30.3 Å². The maximum Gasteiger partial charge on any atom is 0.273 e. The number of amides is 2. The predicted octanol–water partition coefficient (Wildman–Crippen LogP) is 3.32. The van der Waals surface area contributed by atoms with Crippen molar-refractivity contribution in [2.24, 2.45) is 0 Å². The minimum absolute atomic E-state index is 0.0465. The van der Waals surface area contributed by atoms with Crippen molar-refractivity contribution >= 4 is 23.4 Å². The van der Waals surface area contributed by atoms with Crippen molar-refractivity contribution < 1.29 is 18.7 Å². The molecular weight excluding hydrogens is 382 g/mol. The number of nitrogens with zero attached hydrogens (tertiary/aromatic N) is 1. The Morgan fingerprint density at radius 3 is 2.61 bits per heavy atom. The minimum Gasteiger partial charge on any atom is -0.496 e. The van der Waals surface area contributed by atoms with Crippen molar-refractivity contribution in [2.75, 3.05) is 7.11 Å². The number of oxazole rings is 1. The zero-order valence-electron chi connectivity index (χ0n) is 15.3. The van der Waals surface area contributed by atoms with Gasteiger partial charge in [0.05, 0.1) is 24.8 Å². The standard InChI is InChI=1S/C20H18ClN3O4/c1-12-16(22-20(28-12)13-6-4-3-5-7-13)11-18(25)23-24-19(26)15-10-14(21)8-9-17(15)27-2/h3-10H,11H2,1-2H3,(H,23,25)(H,24,26). The number of carbonyl (C=O) groups is 2. The zero-order valence-corrected chi connectivity index (χ0v) is 16.0. The second-order valence-corrected chi connectivity index (χ2v) is 6.35. The van der Waals surface area contributed by atoms with Gasteiger partial charge in [-0.2, -0.15) is 0 Å². The van der Waals surface area contributed by atoms with Crippen LogP contribution >= 0.6 is 11.6 Å². The molecule has 0 saturated carbocycles. The molecule has 0 unspecified atom stereocenters. The molecule has 3 rings (SSSR count). The van der Waals surface area contributed by atoms with Gasteiger partial charge in [0.2, 0.25) is 11.8 Å². The highest BCUT2D eigenvalue weighted by atomic mass is 35.5. The van der Waals surface area contributed by atoms with Gasteiger partial charge in [0.25, 0.3) is 5.91 Å². The molecule has 7 nitrogen and oxygen atoms in total. The van der Waals surface area contributed by atoms with Crippen LogP contribution in [0.4, 0.5) is 0 Å². The van der Waals surface area contributed by atoms with Crippen molar-refractivity contribution in [1.29, 1.82) is 0 Å². The molecular formula is C20H18ClN3O4. The maximum atomic E-state index is 12.3. The van der Waals surface area contributed by atoms with Gasteiger partial charge >= 0.3 is 0 Å². The average Bonchev–Trinajstić information content (AvgIpc) is 3.07. The molecule has 3 aromatic rings. The van der Waals surface area contributed by atoms with Crippen LogP contribution in [0.25, 0.3) is 11.5 Å². The number of aromatic nitrogens is 1. The first-order valence-corrected chi connectivity index (χ1v) is 8.80. The maximum absolute atomic E-state index is 12.3. The number of ether oxygens (including phenoxy) is 1. The van der Waals surface area contributed by atoms with E-state index in [2.05, 4.69) is 15.8 Å². The van der Waals surface area contributed by atoms with Crippen LogP contribution in [-0.2, 0) is 11.2 Å². The molecule has 0 bridgehead atoms. The van der Waals surface area contributed by atoms with Gasteiger partial charge in [-0.25, -0.2) is 4.98 Å². The third-order valence-corrected chi connectivity index (χ3v) is 4.20. The number of halogens is 1. The quantitative estimate of drug-likeness (QED) is 0.642. The summed E-state index contributed by atoms with van der Waals surface area (Å²) in [6.45, 7) is 1.73. The number of nitrogens with one attached hydrogen (secondary N) is 2. The lowest BCUT2D eigenvalue weighted by Gasteiger charge is -2.10. The number of hydrazine groups is 1. The van der Waals surface area contributed by atoms with Crippen molar-refractivity contribution in [3.63, 3.8) is 0 Å². The molecule has 28 heavy (non-hydrogen) atoms. The second kappa shape index (κ2) is 8.58. The fourth-order valence-corrected chi connectivity index (χ4v) is 2.72. The fourth-order valence-electron chi connectivity index (χ4n) is 2.54. The molecule has 0 aliphatic heterocycles. The first-order valence-electron chi connectivity index (χ1n) is 8.42. The number of hydrogen-bond acceptors (Lipinski definition) is 5. The second-order valence-electron chi connectivity index (χ2n) is 5.91. The molecule has 0 spiro atoms. The number of aryl methyl sites for hydroxylation is 1. The van der Waals surface area contributed by atoms with E-state index in [0.717, 1.165) is 5.56 Å². The Kier molecular flexibility index (Phi) is 5.96. The Balaban J connectivity index is 1.63. The Bertz CT molecular complexity index is 1000. The predicted molar refractivity (Wildman–Crippen MR) is 104 cm³/mol. The first-order chi connectivity index (χ1) is 13.5. The van der Waals surface area contributed by atoms with Gasteiger partial charge in [0.15, 0.2) is 0 Å². The lowest BCUT2D eigenvalue weighted by Crippen LogP contribution is -2.42. The van der Waals surface area contributed by atoms with E-state index in [4.69, 9.17) is 20.8 Å². The van der Waals surface area contributed by atoms with Gasteiger partial charge in [-0.1, -0.05) is 29.8 Å². The van der Waals surface area contributed by atoms with E-state index in [-0.39, 0.29) is 12.0 Å². The summed E-state index contributed by atoms with van der Waals surface area (Å²) in [5.41, 5.74) is 6.22. The highest BCUT2D eigenvalue weighted by Gasteiger charge is 2.17. The van der Waals surface area contributed by atoms with Gasteiger partial charge in [0, 0.05) is 10.6 Å². The summed E-state index contributed by atoms with van der Waals surface area (Å²) in [6.07, 6.45) is -0.0465. The summed E-state index contributed by atoms with van der Waals surface area (Å²) in [5.74, 6) is 0.335. The topological polar surface area (TPSA) is 93.5 Å². The van der Waals surface area contributed by atoms with Crippen LogP contribution in [0.15, 0.2) is 52.9 Å². The SMILES string of the molecule is COc1ccc(Cl)cc1C(=O)NNC(=O)Cc1nc(-c2ccccc2)oc1C. The van der Waals surface area contributed by atoms with Crippen molar-refractivity contribution in [2.45, 2.75) is 13.3 Å². The zero-order chi connectivity index (χ0) is 20.1. The van der Waals surface area contributed by atoms with Crippen molar-refractivity contribution in [1.82, 2.24) is 15.8 Å². The van der Waals surface area contributed by atoms with Gasteiger partial charge in [-0.05, 0) is 37.3 Å². The van der Waals surface area contributed by atoms with E-state index in [9.17, 15) is 9.59 Å². The molecule has 1 aromatic heterocycles. The van der Waals surface area contributed by atoms with Crippen LogP contribution in [0.2, 0.25) is 5.02 Å². The molecule has 2 amide bonds. The molecule has 0 atom stereocenters. The molecule has 0 fully saturated rings. The van der Waals surface area contributed by atoms with E-state index in [1.54, 1.807) is 19.1 Å². The highest BCUT2D eigenvalue weighted by Crippen LogP contribution is 2.23. The Hall–Kier alpha value is -3.32. The molecule has 0 aliphatic rings. The lowest BCUT2D eigenvalue weighted by atomic mass is 10.2. The number of rotatable bonds is 5. The van der Waals surface area contributed by atoms with Gasteiger partial charge in [0.1, 0.15) is 11.5 Å². The lowest BCUT2D eigenvalue weighted by molar-refractivity contribution is -0.121. The number of hydrogen-bond donors (Lipinski definition) is 2. The Morgan fingerprint density at radius 1 is 1.14 bits per heavy atom. The number of methoxy groups -OCH3 is 1. The Labute approximate surface area is 166 Å². The van der Waals surface area contributed by atoms with Crippen LogP contribution in [0.1, 0.15) is 21.8 Å². The summed E-state index contributed by atoms with van der Waals surface area (Å²) >= 11 is 5.92. The average molecular weight is 400 g/mol. The van der Waals surface area contributed by atoms with Crippen LogP contribution in [0.3, 0.4) is 0 Å². The number of benzene rings is 2. The van der Waals surface area contributed by atoms with Crippen molar-refractivity contribution in [3.8, 4) is 17.2 Å². The molecule has 1 heterocycles. The van der Waals surface area contributed by atoms with Gasteiger partial charge in [-0.15, -0.1) is 0 Å². The third kappa shape index (κ3) is 4.50. The van der Waals surface area contributed by atoms with Crippen LogP contribution in [0, 0.1) is 6.92 Å². The largest absolute Gasteiger partial charge is 0.496 e. The van der Waals surface area contributed by atoms with E-state index >= 15 is 0 Å². The third-order valence-electron chi connectivity index (χ3n) is 3.96. The van der Waals surface area contributed by atoms with E-state index in [0.29, 0.717) is 28.1 Å². The summed E-state index contributed by atoms with van der Waals surface area (Å²) in [4.78, 5) is 28.9. The Morgan fingerprint density at radius 2 is 1.89 bits per heavy atom. The smallest absolute Gasteiger partial charge is 0.273 e. The van der Waals surface area contributed by atoms with E-state index < -0.39 is 11.8 Å². The molecule has 2 aromatic carbocycles. The highest BCUT2D eigenvalue weighted by molar-refractivity contribution is 6.31. The van der Waals surface area contributed by atoms with E-state index in [1.165, 1.54) is 13.2 Å².